The van der Waals surface area contributed by atoms with Crippen molar-refractivity contribution in [3.8, 4) is 0 Å². The van der Waals surface area contributed by atoms with Crippen LogP contribution >= 0.6 is 0 Å². The van der Waals surface area contributed by atoms with Crippen LogP contribution in [0.5, 0.6) is 0 Å². The Morgan fingerprint density at radius 1 is 1.23 bits per heavy atom. The molecule has 0 saturated heterocycles. The third kappa shape index (κ3) is 3.16. The molecule has 0 amide bonds. The first-order chi connectivity index (χ1) is 10.5. The van der Waals surface area contributed by atoms with Gasteiger partial charge in [0.25, 0.3) is 0 Å². The van der Waals surface area contributed by atoms with Gasteiger partial charge in [-0.05, 0) is 36.8 Å². The number of nitrogens with one attached hydrogen (secondary N) is 1. The minimum absolute atomic E-state index is 0.308. The van der Waals surface area contributed by atoms with Gasteiger partial charge in [-0.2, -0.15) is 0 Å². The van der Waals surface area contributed by atoms with Crippen LogP contribution in [0.25, 0.3) is 5.65 Å². The Morgan fingerprint density at radius 3 is 2.73 bits per heavy atom. The number of pyridine rings is 1. The van der Waals surface area contributed by atoms with Gasteiger partial charge in [0.2, 0.25) is 0 Å². The quantitative estimate of drug-likeness (QED) is 0.761. The summed E-state index contributed by atoms with van der Waals surface area (Å²) in [6, 6.07) is 11.7. The Morgan fingerprint density at radius 2 is 2.00 bits per heavy atom. The van der Waals surface area contributed by atoms with Crippen LogP contribution in [0.4, 0.5) is 4.39 Å². The SMILES string of the molecule is CC(O)(CNCc1cn2ccccc2n1)c1ccc(F)cc1. The summed E-state index contributed by atoms with van der Waals surface area (Å²) < 4.78 is 14.9. The fraction of sp³-hybridized carbons (Fsp3) is 0.235. The van der Waals surface area contributed by atoms with Gasteiger partial charge in [0.1, 0.15) is 11.5 Å². The average Bonchev–Trinajstić information content (AvgIpc) is 2.90. The zero-order chi connectivity index (χ0) is 15.6. The maximum atomic E-state index is 12.9. The summed E-state index contributed by atoms with van der Waals surface area (Å²) >= 11 is 0. The highest BCUT2D eigenvalue weighted by atomic mass is 19.1. The number of imidazole rings is 1. The van der Waals surface area contributed by atoms with E-state index in [0.29, 0.717) is 18.7 Å². The molecule has 0 saturated carbocycles. The van der Waals surface area contributed by atoms with Crippen molar-refractivity contribution in [2.45, 2.75) is 19.1 Å². The van der Waals surface area contributed by atoms with Crippen LogP contribution in [0.3, 0.4) is 0 Å². The third-order valence-corrected chi connectivity index (χ3v) is 3.66. The van der Waals surface area contributed by atoms with Crippen molar-refractivity contribution in [3.05, 3.63) is 71.9 Å². The lowest BCUT2D eigenvalue weighted by molar-refractivity contribution is 0.0565. The fourth-order valence-corrected chi connectivity index (χ4v) is 2.42. The van der Waals surface area contributed by atoms with Crippen molar-refractivity contribution in [1.29, 1.82) is 0 Å². The van der Waals surface area contributed by atoms with E-state index in [-0.39, 0.29) is 5.82 Å². The van der Waals surface area contributed by atoms with Gasteiger partial charge in [-0.15, -0.1) is 0 Å². The molecule has 3 aromatic rings. The van der Waals surface area contributed by atoms with Gasteiger partial charge in [-0.3, -0.25) is 0 Å². The average molecular weight is 299 g/mol. The van der Waals surface area contributed by atoms with Crippen LogP contribution < -0.4 is 5.32 Å². The van der Waals surface area contributed by atoms with Gasteiger partial charge < -0.3 is 14.8 Å². The molecule has 0 aliphatic carbocycles. The highest BCUT2D eigenvalue weighted by Gasteiger charge is 2.22. The Labute approximate surface area is 128 Å². The summed E-state index contributed by atoms with van der Waals surface area (Å²) in [4.78, 5) is 4.49. The maximum Gasteiger partial charge on any atom is 0.137 e. The number of fused-ring (bicyclic) bond motifs is 1. The summed E-state index contributed by atoms with van der Waals surface area (Å²) in [5, 5.41) is 13.7. The smallest absolute Gasteiger partial charge is 0.137 e. The Hall–Kier alpha value is -2.24. The monoisotopic (exact) mass is 299 g/mol. The first kappa shape index (κ1) is 14.7. The summed E-state index contributed by atoms with van der Waals surface area (Å²) in [7, 11) is 0. The van der Waals surface area contributed by atoms with Gasteiger partial charge >= 0.3 is 0 Å². The molecule has 4 nitrogen and oxygen atoms in total. The van der Waals surface area contributed by atoms with E-state index in [0.717, 1.165) is 11.3 Å². The van der Waals surface area contributed by atoms with Crippen molar-refractivity contribution in [2.75, 3.05) is 6.54 Å². The van der Waals surface area contributed by atoms with E-state index in [2.05, 4.69) is 10.3 Å². The number of aromatic nitrogens is 2. The molecule has 3 rings (SSSR count). The normalized spacial score (nSPS) is 14.1. The minimum Gasteiger partial charge on any atom is -0.384 e. The van der Waals surface area contributed by atoms with Crippen LogP contribution in [0, 0.1) is 5.82 Å². The molecule has 0 aliphatic heterocycles. The summed E-state index contributed by atoms with van der Waals surface area (Å²) in [5.74, 6) is -0.308. The van der Waals surface area contributed by atoms with Gasteiger partial charge in [-0.1, -0.05) is 18.2 Å². The fourth-order valence-electron chi connectivity index (χ4n) is 2.42. The van der Waals surface area contributed by atoms with Gasteiger partial charge in [0.15, 0.2) is 0 Å². The zero-order valence-corrected chi connectivity index (χ0v) is 12.3. The van der Waals surface area contributed by atoms with Crippen molar-refractivity contribution in [3.63, 3.8) is 0 Å². The highest BCUT2D eigenvalue weighted by molar-refractivity contribution is 5.39. The van der Waals surface area contributed by atoms with Crippen LogP contribution in [0.15, 0.2) is 54.9 Å². The van der Waals surface area contributed by atoms with Crippen LogP contribution in [-0.4, -0.2) is 21.0 Å². The molecular weight excluding hydrogens is 281 g/mol. The van der Waals surface area contributed by atoms with E-state index >= 15 is 0 Å². The molecule has 5 heteroatoms. The van der Waals surface area contributed by atoms with Crippen molar-refractivity contribution in [2.24, 2.45) is 0 Å². The second kappa shape index (κ2) is 5.87. The molecular formula is C17H18FN3O. The zero-order valence-electron chi connectivity index (χ0n) is 12.3. The van der Waals surface area contributed by atoms with Crippen LogP contribution in [-0.2, 0) is 12.1 Å². The Kier molecular flexibility index (Phi) is 3.92. The molecule has 1 atom stereocenters. The molecule has 2 N–H and O–H groups in total. The molecule has 0 fully saturated rings. The lowest BCUT2D eigenvalue weighted by Crippen LogP contribution is -2.35. The number of aliphatic hydroxyl groups is 1. The lowest BCUT2D eigenvalue weighted by Gasteiger charge is -2.24. The number of benzene rings is 1. The van der Waals surface area contributed by atoms with E-state index in [1.54, 1.807) is 19.1 Å². The van der Waals surface area contributed by atoms with Crippen molar-refractivity contribution < 1.29 is 9.50 Å². The molecule has 2 heterocycles. The predicted molar refractivity (Wildman–Crippen MR) is 82.9 cm³/mol. The third-order valence-electron chi connectivity index (χ3n) is 3.66. The second-order valence-corrected chi connectivity index (χ2v) is 5.58. The predicted octanol–water partition coefficient (Wildman–Crippen LogP) is 2.47. The molecule has 0 aliphatic rings. The Bertz CT molecular complexity index is 732. The molecule has 1 unspecified atom stereocenters. The van der Waals surface area contributed by atoms with Gasteiger partial charge in [-0.25, -0.2) is 9.37 Å². The first-order valence-corrected chi connectivity index (χ1v) is 7.16. The molecule has 0 bridgehead atoms. The molecule has 2 aromatic heterocycles. The van der Waals surface area contributed by atoms with E-state index in [9.17, 15) is 9.50 Å². The minimum atomic E-state index is -1.06. The summed E-state index contributed by atoms with van der Waals surface area (Å²) in [6.45, 7) is 2.61. The molecule has 114 valence electrons. The number of hydrogen-bond acceptors (Lipinski definition) is 3. The first-order valence-electron chi connectivity index (χ1n) is 7.16. The number of nitrogens with zero attached hydrogens (tertiary/aromatic N) is 2. The van der Waals surface area contributed by atoms with Gasteiger partial charge in [0.05, 0.1) is 11.3 Å². The van der Waals surface area contributed by atoms with E-state index in [4.69, 9.17) is 0 Å². The van der Waals surface area contributed by atoms with Gasteiger partial charge in [0, 0.05) is 25.5 Å². The number of halogens is 1. The van der Waals surface area contributed by atoms with E-state index in [1.165, 1.54) is 12.1 Å². The molecule has 0 radical (unpaired) electrons. The Balaban J connectivity index is 1.63. The molecule has 0 spiro atoms. The maximum absolute atomic E-state index is 12.9. The topological polar surface area (TPSA) is 49.6 Å². The van der Waals surface area contributed by atoms with E-state index < -0.39 is 5.60 Å². The standard InChI is InChI=1S/C17H18FN3O/c1-17(22,13-5-7-14(18)8-6-13)12-19-10-15-11-21-9-3-2-4-16(21)20-15/h2-9,11,19,22H,10,12H2,1H3. The largest absolute Gasteiger partial charge is 0.384 e. The number of hydrogen-bond donors (Lipinski definition) is 2. The van der Waals surface area contributed by atoms with Crippen LogP contribution in [0.1, 0.15) is 18.2 Å². The summed E-state index contributed by atoms with van der Waals surface area (Å²) in [5.41, 5.74) is 1.41. The van der Waals surface area contributed by atoms with Crippen molar-refractivity contribution in [1.82, 2.24) is 14.7 Å². The number of rotatable bonds is 5. The van der Waals surface area contributed by atoms with Crippen molar-refractivity contribution >= 4 is 5.65 Å². The highest BCUT2D eigenvalue weighted by Crippen LogP contribution is 2.20. The van der Waals surface area contributed by atoms with E-state index in [1.807, 2.05) is 35.0 Å². The lowest BCUT2D eigenvalue weighted by atomic mass is 9.96. The summed E-state index contributed by atoms with van der Waals surface area (Å²) in [6.07, 6.45) is 3.90. The van der Waals surface area contributed by atoms with Crippen LogP contribution in [0.2, 0.25) is 0 Å². The second-order valence-electron chi connectivity index (χ2n) is 5.58. The molecule has 1 aromatic carbocycles. The molecule has 22 heavy (non-hydrogen) atoms.